The number of aromatic hydroxyl groups is 1. The number of phenols is 1. The summed E-state index contributed by atoms with van der Waals surface area (Å²) in [6, 6.07) is 17.2. The lowest BCUT2D eigenvalue weighted by atomic mass is 10.1. The van der Waals surface area contributed by atoms with Crippen LogP contribution in [-0.2, 0) is 15.8 Å². The molecule has 0 aliphatic heterocycles. The molecule has 0 aliphatic carbocycles. The molecule has 0 amide bonds. The molecule has 0 saturated carbocycles. The Bertz CT molecular complexity index is 1310. The number of methoxy groups -OCH3 is 1. The Kier molecular flexibility index (Phi) is 5.20. The predicted octanol–water partition coefficient (Wildman–Crippen LogP) is 3.35. The third-order valence-corrected chi connectivity index (χ3v) is 5.58. The van der Waals surface area contributed by atoms with E-state index in [-0.39, 0.29) is 17.3 Å². The molecule has 0 saturated heterocycles. The average Bonchev–Trinajstić information content (AvgIpc) is 2.73. The van der Waals surface area contributed by atoms with Crippen molar-refractivity contribution in [3.63, 3.8) is 0 Å². The van der Waals surface area contributed by atoms with Crippen LogP contribution in [-0.4, -0.2) is 35.6 Å². The molecule has 2 N–H and O–H groups in total. The molecule has 2 aromatic heterocycles. The molecule has 0 bridgehead atoms. The highest BCUT2D eigenvalue weighted by Crippen LogP contribution is 2.31. The van der Waals surface area contributed by atoms with Crippen molar-refractivity contribution in [3.8, 4) is 22.8 Å². The summed E-state index contributed by atoms with van der Waals surface area (Å²) in [4.78, 5) is 13.0. The number of sulfonamides is 1. The lowest BCUT2D eigenvalue weighted by molar-refractivity contribution is 0.373. The second-order valence-corrected chi connectivity index (χ2v) is 8.25. The number of rotatable bonds is 6. The predicted molar refractivity (Wildman–Crippen MR) is 114 cm³/mol. The van der Waals surface area contributed by atoms with E-state index in [0.717, 1.165) is 0 Å². The monoisotopic (exact) mass is 422 g/mol. The van der Waals surface area contributed by atoms with Gasteiger partial charge in [0.05, 0.1) is 24.8 Å². The quantitative estimate of drug-likeness (QED) is 0.490. The molecule has 0 spiro atoms. The van der Waals surface area contributed by atoms with Gasteiger partial charge in [0.1, 0.15) is 5.52 Å². The molecule has 0 fully saturated rings. The van der Waals surface area contributed by atoms with Gasteiger partial charge in [0, 0.05) is 5.56 Å². The van der Waals surface area contributed by atoms with Crippen LogP contribution >= 0.6 is 0 Å². The minimum absolute atomic E-state index is 0.0249. The maximum Gasteiger partial charge on any atom is 0.238 e. The summed E-state index contributed by atoms with van der Waals surface area (Å²) in [5.74, 6) is 0.264. The van der Waals surface area contributed by atoms with Crippen molar-refractivity contribution in [2.75, 3.05) is 11.8 Å². The highest BCUT2D eigenvalue weighted by molar-refractivity contribution is 7.91. The molecule has 9 heteroatoms. The van der Waals surface area contributed by atoms with Crippen LogP contribution in [0, 0.1) is 0 Å². The first kappa shape index (κ1) is 19.6. The minimum atomic E-state index is -3.66. The molecule has 2 heterocycles. The number of benzene rings is 2. The molecule has 0 aliphatic rings. The normalized spacial score (nSPS) is 11.4. The number of nitrogens with zero attached hydrogens (tertiary/aromatic N) is 3. The Morgan fingerprint density at radius 3 is 2.60 bits per heavy atom. The van der Waals surface area contributed by atoms with E-state index in [1.54, 1.807) is 48.5 Å². The number of anilines is 1. The van der Waals surface area contributed by atoms with Crippen LogP contribution in [0.3, 0.4) is 0 Å². The van der Waals surface area contributed by atoms with Gasteiger partial charge in [-0.15, -0.1) is 0 Å². The average molecular weight is 422 g/mol. The summed E-state index contributed by atoms with van der Waals surface area (Å²) in [6.45, 7) is 0. The van der Waals surface area contributed by atoms with E-state index >= 15 is 0 Å². The van der Waals surface area contributed by atoms with E-state index in [4.69, 9.17) is 4.74 Å². The second-order valence-electron chi connectivity index (χ2n) is 6.53. The molecule has 4 aromatic rings. The zero-order chi connectivity index (χ0) is 21.1. The topological polar surface area (TPSA) is 114 Å². The summed E-state index contributed by atoms with van der Waals surface area (Å²) < 4.78 is 32.5. The zero-order valence-electron chi connectivity index (χ0n) is 16.0. The van der Waals surface area contributed by atoms with Crippen LogP contribution in [0.2, 0.25) is 0 Å². The highest BCUT2D eigenvalue weighted by atomic mass is 32.2. The number of aromatic nitrogens is 3. The van der Waals surface area contributed by atoms with Crippen molar-refractivity contribution in [1.82, 2.24) is 15.0 Å². The van der Waals surface area contributed by atoms with Crippen LogP contribution in [0.15, 0.2) is 66.9 Å². The maximum absolute atomic E-state index is 12.5. The SMILES string of the molecule is COc1cc(-c2ccc3ncc(NS(=O)(=O)Cc4ccccc4)nc3n2)ccc1O. The fraction of sp³-hybridized carbons (Fsp3) is 0.0952. The second kappa shape index (κ2) is 7.96. The molecule has 30 heavy (non-hydrogen) atoms. The molecule has 8 nitrogen and oxygen atoms in total. The number of ether oxygens (including phenoxy) is 1. The first-order valence-electron chi connectivity index (χ1n) is 8.99. The van der Waals surface area contributed by atoms with Crippen LogP contribution in [0.25, 0.3) is 22.4 Å². The Hall–Kier alpha value is -3.72. The van der Waals surface area contributed by atoms with Crippen molar-refractivity contribution in [2.45, 2.75) is 5.75 Å². The number of nitrogens with one attached hydrogen (secondary N) is 1. The van der Waals surface area contributed by atoms with Gasteiger partial charge in [0.2, 0.25) is 10.0 Å². The van der Waals surface area contributed by atoms with Crippen LogP contribution in [0.4, 0.5) is 5.82 Å². The Labute approximate surface area is 173 Å². The van der Waals surface area contributed by atoms with Gasteiger partial charge < -0.3 is 9.84 Å². The van der Waals surface area contributed by atoms with Gasteiger partial charge in [-0.3, -0.25) is 4.72 Å². The lowest BCUT2D eigenvalue weighted by Gasteiger charge is -2.09. The number of hydrogen-bond acceptors (Lipinski definition) is 7. The Morgan fingerprint density at radius 1 is 1.03 bits per heavy atom. The summed E-state index contributed by atoms with van der Waals surface area (Å²) in [6.07, 6.45) is 1.36. The van der Waals surface area contributed by atoms with Gasteiger partial charge in [-0.25, -0.2) is 23.4 Å². The van der Waals surface area contributed by atoms with Crippen LogP contribution in [0.5, 0.6) is 11.5 Å². The van der Waals surface area contributed by atoms with Gasteiger partial charge in [-0.2, -0.15) is 0 Å². The van der Waals surface area contributed by atoms with Gasteiger partial charge >= 0.3 is 0 Å². The zero-order valence-corrected chi connectivity index (χ0v) is 16.8. The Balaban J connectivity index is 1.63. The molecule has 4 rings (SSSR count). The standard InChI is InChI=1S/C21H18N4O4S/c1-29-19-11-15(7-10-18(19)26)16-8-9-17-21(23-16)24-20(12-22-17)25-30(27,28)13-14-5-3-2-4-6-14/h2-12,26H,13H2,1H3,(H,23,24,25). The summed E-state index contributed by atoms with van der Waals surface area (Å²) in [5.41, 5.74) is 2.78. The van der Waals surface area contributed by atoms with Gasteiger partial charge in [0.15, 0.2) is 23.0 Å². The largest absolute Gasteiger partial charge is 0.504 e. The van der Waals surface area contributed by atoms with Gasteiger partial charge in [-0.1, -0.05) is 30.3 Å². The van der Waals surface area contributed by atoms with Crippen molar-refractivity contribution >= 4 is 27.0 Å². The number of hydrogen-bond donors (Lipinski definition) is 2. The first-order chi connectivity index (χ1) is 14.4. The molecule has 152 valence electrons. The summed E-state index contributed by atoms with van der Waals surface area (Å²) in [5, 5.41) is 9.77. The Morgan fingerprint density at radius 2 is 1.83 bits per heavy atom. The third kappa shape index (κ3) is 4.31. The molecular weight excluding hydrogens is 404 g/mol. The van der Waals surface area contributed by atoms with E-state index in [1.807, 2.05) is 6.07 Å². The van der Waals surface area contributed by atoms with E-state index in [0.29, 0.717) is 33.7 Å². The first-order valence-corrected chi connectivity index (χ1v) is 10.6. The number of pyridine rings is 1. The van der Waals surface area contributed by atoms with Crippen molar-refractivity contribution in [2.24, 2.45) is 0 Å². The van der Waals surface area contributed by atoms with E-state index in [9.17, 15) is 13.5 Å². The number of fused-ring (bicyclic) bond motifs is 1. The van der Waals surface area contributed by atoms with E-state index in [1.165, 1.54) is 19.4 Å². The fourth-order valence-corrected chi connectivity index (χ4v) is 4.05. The lowest BCUT2D eigenvalue weighted by Crippen LogP contribution is -2.16. The number of phenolic OH excluding ortho intramolecular Hbond substituents is 1. The molecule has 0 radical (unpaired) electrons. The molecule has 0 atom stereocenters. The van der Waals surface area contributed by atoms with Crippen LogP contribution in [0.1, 0.15) is 5.56 Å². The minimum Gasteiger partial charge on any atom is -0.504 e. The van der Waals surface area contributed by atoms with Crippen molar-refractivity contribution < 1.29 is 18.3 Å². The van der Waals surface area contributed by atoms with Crippen LogP contribution < -0.4 is 9.46 Å². The van der Waals surface area contributed by atoms with E-state index < -0.39 is 10.0 Å². The molecule has 0 unspecified atom stereocenters. The highest BCUT2D eigenvalue weighted by Gasteiger charge is 2.14. The molecular formula is C21H18N4O4S. The smallest absolute Gasteiger partial charge is 0.238 e. The summed E-state index contributed by atoms with van der Waals surface area (Å²) >= 11 is 0. The molecule has 2 aromatic carbocycles. The van der Waals surface area contributed by atoms with Gasteiger partial charge in [-0.05, 0) is 35.9 Å². The van der Waals surface area contributed by atoms with Crippen molar-refractivity contribution in [3.05, 3.63) is 72.4 Å². The van der Waals surface area contributed by atoms with Crippen molar-refractivity contribution in [1.29, 1.82) is 0 Å². The fourth-order valence-electron chi connectivity index (χ4n) is 2.93. The third-order valence-electron chi connectivity index (χ3n) is 4.34. The van der Waals surface area contributed by atoms with E-state index in [2.05, 4.69) is 19.7 Å². The maximum atomic E-state index is 12.5. The summed E-state index contributed by atoms with van der Waals surface area (Å²) in [7, 11) is -2.19. The van der Waals surface area contributed by atoms with Gasteiger partial charge in [0.25, 0.3) is 0 Å².